The number of H-pyrrole nitrogens is 1. The van der Waals surface area contributed by atoms with Gasteiger partial charge < -0.3 is 5.32 Å². The predicted octanol–water partition coefficient (Wildman–Crippen LogP) is 4.48. The van der Waals surface area contributed by atoms with Crippen molar-refractivity contribution >= 4 is 34.1 Å². The highest BCUT2D eigenvalue weighted by Gasteiger charge is 2.19. The third kappa shape index (κ3) is 4.12. The van der Waals surface area contributed by atoms with E-state index in [2.05, 4.69) is 25.6 Å². The normalized spacial score (nSPS) is 11.7. The Morgan fingerprint density at radius 1 is 1.24 bits per heavy atom. The second-order valence-electron chi connectivity index (χ2n) is 7.27. The first-order valence-electron chi connectivity index (χ1n) is 8.91. The summed E-state index contributed by atoms with van der Waals surface area (Å²) in [7, 11) is 0. The van der Waals surface area contributed by atoms with Gasteiger partial charge in [-0.05, 0) is 44.2 Å². The Bertz CT molecular complexity index is 1180. The highest BCUT2D eigenvalue weighted by Crippen LogP contribution is 2.27. The summed E-state index contributed by atoms with van der Waals surface area (Å²) in [5.41, 5.74) is 1.38. The summed E-state index contributed by atoms with van der Waals surface area (Å²) in [5, 5.41) is 15.3. The van der Waals surface area contributed by atoms with E-state index >= 15 is 0 Å². The van der Waals surface area contributed by atoms with Crippen LogP contribution in [-0.2, 0) is 6.54 Å². The molecule has 2 N–H and O–H groups in total. The lowest BCUT2D eigenvalue weighted by molar-refractivity contribution is 0.102. The van der Waals surface area contributed by atoms with Gasteiger partial charge in [0.05, 0.1) is 35.8 Å². The largest absolute Gasteiger partial charge is 0.319 e. The molecule has 7 nitrogen and oxygen atoms in total. The predicted molar refractivity (Wildman–Crippen MR) is 110 cm³/mol. The van der Waals surface area contributed by atoms with Gasteiger partial charge in [0.1, 0.15) is 11.4 Å². The molecule has 4 rings (SSSR count). The molecule has 0 spiro atoms. The Morgan fingerprint density at radius 3 is 2.72 bits per heavy atom. The van der Waals surface area contributed by atoms with Crippen LogP contribution in [0, 0.1) is 0 Å². The van der Waals surface area contributed by atoms with Gasteiger partial charge in [-0.15, -0.1) is 0 Å². The quantitative estimate of drug-likeness (QED) is 0.506. The number of nitrogens with zero attached hydrogens (tertiary/aromatic N) is 4. The van der Waals surface area contributed by atoms with Crippen molar-refractivity contribution in [1.29, 1.82) is 0 Å². The molecule has 0 atom stereocenters. The van der Waals surface area contributed by atoms with Gasteiger partial charge in [-0.3, -0.25) is 19.6 Å². The molecule has 0 radical (unpaired) electrons. The number of nitrogens with one attached hydrogen (secondary N) is 2. The lowest BCUT2D eigenvalue weighted by Crippen LogP contribution is -2.21. The summed E-state index contributed by atoms with van der Waals surface area (Å²) in [5.74, 6) is -0.297. The van der Waals surface area contributed by atoms with Gasteiger partial charge in [-0.1, -0.05) is 11.6 Å². The number of anilines is 1. The number of amides is 1. The first-order valence-corrected chi connectivity index (χ1v) is 9.29. The molecule has 0 bridgehead atoms. The van der Waals surface area contributed by atoms with Crippen LogP contribution in [0.3, 0.4) is 0 Å². The highest BCUT2D eigenvalue weighted by atomic mass is 35.5. The van der Waals surface area contributed by atoms with Crippen molar-refractivity contribution in [1.82, 2.24) is 25.0 Å². The number of halogens is 2. The lowest BCUT2D eigenvalue weighted by Gasteiger charge is -2.14. The van der Waals surface area contributed by atoms with Gasteiger partial charge in [0.2, 0.25) is 0 Å². The van der Waals surface area contributed by atoms with Crippen LogP contribution in [0.4, 0.5) is 10.1 Å². The molecule has 0 unspecified atom stereocenters. The van der Waals surface area contributed by atoms with Gasteiger partial charge in [-0.25, -0.2) is 4.39 Å². The second-order valence-corrected chi connectivity index (χ2v) is 7.71. The van der Waals surface area contributed by atoms with Crippen LogP contribution in [0.1, 0.15) is 24.2 Å². The van der Waals surface area contributed by atoms with Crippen molar-refractivity contribution in [3.63, 3.8) is 0 Å². The average Bonchev–Trinajstić information content (AvgIpc) is 3.28. The van der Waals surface area contributed by atoms with E-state index in [1.807, 2.05) is 0 Å². The molecule has 0 aliphatic rings. The van der Waals surface area contributed by atoms with Crippen LogP contribution in [0.15, 0.2) is 48.9 Å². The molecular formula is C20H18ClFN6O. The van der Waals surface area contributed by atoms with E-state index in [9.17, 15) is 9.18 Å². The number of rotatable bonds is 5. The number of pyridine rings is 1. The summed E-state index contributed by atoms with van der Waals surface area (Å²) in [6.45, 7) is 3.12. The number of benzene rings is 1. The van der Waals surface area contributed by atoms with Crippen molar-refractivity contribution < 1.29 is 9.18 Å². The van der Waals surface area contributed by atoms with E-state index < -0.39 is 5.67 Å². The van der Waals surface area contributed by atoms with E-state index in [0.717, 1.165) is 10.9 Å². The van der Waals surface area contributed by atoms with Gasteiger partial charge in [-0.2, -0.15) is 10.2 Å². The standard InChI is InChI=1S/C20H18ClFN6O/c1-20(2,22)11-28-17-7-15(23-8-13(17)9-25-28)18-16(10-24-27-18)26-19(29)12-3-5-14(21)6-4-12/h3-10H,11H2,1-2H3,(H,24,27)(H,26,29). The van der Waals surface area contributed by atoms with Crippen LogP contribution in [0.2, 0.25) is 5.02 Å². The molecule has 29 heavy (non-hydrogen) atoms. The first kappa shape index (κ1) is 19.1. The Balaban J connectivity index is 1.65. The maximum absolute atomic E-state index is 14.1. The van der Waals surface area contributed by atoms with E-state index in [4.69, 9.17) is 11.6 Å². The third-order valence-corrected chi connectivity index (χ3v) is 4.55. The fourth-order valence-corrected chi connectivity index (χ4v) is 3.09. The zero-order valence-electron chi connectivity index (χ0n) is 15.8. The minimum Gasteiger partial charge on any atom is -0.319 e. The topological polar surface area (TPSA) is 88.5 Å². The molecule has 3 aromatic heterocycles. The number of hydrogen-bond donors (Lipinski definition) is 2. The van der Waals surface area contributed by atoms with Crippen LogP contribution in [0.25, 0.3) is 22.3 Å². The summed E-state index contributed by atoms with van der Waals surface area (Å²) in [6, 6.07) is 8.36. The van der Waals surface area contributed by atoms with Crippen LogP contribution in [0.5, 0.6) is 0 Å². The Morgan fingerprint density at radius 2 is 2.00 bits per heavy atom. The zero-order chi connectivity index (χ0) is 20.6. The minimum absolute atomic E-state index is 0.114. The van der Waals surface area contributed by atoms with Crippen LogP contribution in [-0.4, -0.2) is 36.5 Å². The average molecular weight is 413 g/mol. The Hall–Kier alpha value is -3.26. The van der Waals surface area contributed by atoms with E-state index in [0.29, 0.717) is 27.7 Å². The third-order valence-electron chi connectivity index (χ3n) is 4.30. The molecule has 0 saturated heterocycles. The SMILES string of the molecule is CC(C)(F)Cn1ncc2cnc(-c3[nH]ncc3NC(=O)c3ccc(Cl)cc3)cc21. The maximum atomic E-state index is 14.1. The number of aromatic nitrogens is 5. The highest BCUT2D eigenvalue weighted by molar-refractivity contribution is 6.30. The van der Waals surface area contributed by atoms with E-state index in [1.54, 1.807) is 47.4 Å². The van der Waals surface area contributed by atoms with Crippen LogP contribution < -0.4 is 5.32 Å². The maximum Gasteiger partial charge on any atom is 0.255 e. The second kappa shape index (κ2) is 7.29. The monoisotopic (exact) mass is 412 g/mol. The molecule has 0 fully saturated rings. The number of carbonyl (C=O) groups excluding carboxylic acids is 1. The molecule has 1 aromatic carbocycles. The van der Waals surface area contributed by atoms with Crippen molar-refractivity contribution in [3.8, 4) is 11.4 Å². The summed E-state index contributed by atoms with van der Waals surface area (Å²) in [4.78, 5) is 16.9. The van der Waals surface area contributed by atoms with Gasteiger partial charge in [0.15, 0.2) is 0 Å². The fourth-order valence-electron chi connectivity index (χ4n) is 2.96. The number of alkyl halides is 1. The van der Waals surface area contributed by atoms with Crippen molar-refractivity contribution in [3.05, 3.63) is 59.5 Å². The zero-order valence-corrected chi connectivity index (χ0v) is 16.5. The molecular weight excluding hydrogens is 395 g/mol. The van der Waals surface area contributed by atoms with E-state index in [-0.39, 0.29) is 12.5 Å². The number of hydrogen-bond acceptors (Lipinski definition) is 4. The Kier molecular flexibility index (Phi) is 4.79. The molecule has 9 heteroatoms. The van der Waals surface area contributed by atoms with Gasteiger partial charge in [0.25, 0.3) is 5.91 Å². The van der Waals surface area contributed by atoms with Crippen molar-refractivity contribution in [2.45, 2.75) is 26.1 Å². The molecule has 0 saturated carbocycles. The van der Waals surface area contributed by atoms with Crippen LogP contribution >= 0.6 is 11.6 Å². The summed E-state index contributed by atoms with van der Waals surface area (Å²) >= 11 is 5.87. The van der Waals surface area contributed by atoms with Crippen molar-refractivity contribution in [2.24, 2.45) is 0 Å². The minimum atomic E-state index is -1.41. The fraction of sp³-hybridized carbons (Fsp3) is 0.200. The van der Waals surface area contributed by atoms with E-state index in [1.165, 1.54) is 20.0 Å². The molecule has 148 valence electrons. The first-order chi connectivity index (χ1) is 13.8. The number of carbonyl (C=O) groups is 1. The summed E-state index contributed by atoms with van der Waals surface area (Å²) in [6.07, 6.45) is 4.82. The van der Waals surface area contributed by atoms with Gasteiger partial charge >= 0.3 is 0 Å². The molecule has 1 amide bonds. The number of fused-ring (bicyclic) bond motifs is 1. The molecule has 0 aliphatic carbocycles. The smallest absolute Gasteiger partial charge is 0.255 e. The number of aromatic amines is 1. The molecule has 4 aromatic rings. The van der Waals surface area contributed by atoms with Crippen molar-refractivity contribution in [2.75, 3.05) is 5.32 Å². The molecule has 0 aliphatic heterocycles. The van der Waals surface area contributed by atoms with Gasteiger partial charge in [0, 0.05) is 22.2 Å². The summed E-state index contributed by atoms with van der Waals surface area (Å²) < 4.78 is 15.7. The lowest BCUT2D eigenvalue weighted by atomic mass is 10.1. The molecule has 3 heterocycles. The Labute approximate surface area is 170 Å².